The zero-order chi connectivity index (χ0) is 22.0. The predicted octanol–water partition coefficient (Wildman–Crippen LogP) is 4.83. The number of nitrogens with one attached hydrogen (secondary N) is 1. The molecule has 4 heteroatoms. The number of hydrogen-bond acceptors (Lipinski definition) is 3. The van der Waals surface area contributed by atoms with Gasteiger partial charge in [0.25, 0.3) is 0 Å². The van der Waals surface area contributed by atoms with E-state index in [0.717, 1.165) is 77.7 Å². The quantitative estimate of drug-likeness (QED) is 0.665. The Morgan fingerprint density at radius 3 is 2.47 bits per heavy atom. The highest BCUT2D eigenvalue weighted by Crippen LogP contribution is 2.44. The summed E-state index contributed by atoms with van der Waals surface area (Å²) in [5.74, 6) is 0.229. The Morgan fingerprint density at radius 2 is 1.72 bits per heavy atom. The van der Waals surface area contributed by atoms with Crippen LogP contribution in [0, 0.1) is 6.92 Å². The number of benzene rings is 2. The van der Waals surface area contributed by atoms with E-state index in [-0.39, 0.29) is 16.9 Å². The van der Waals surface area contributed by atoms with E-state index in [1.165, 1.54) is 22.3 Å². The normalized spacial score (nSPS) is 21.5. The Balaban J connectivity index is 1.10. The number of likely N-dealkylation sites (tertiary alicyclic amines) is 1. The summed E-state index contributed by atoms with van der Waals surface area (Å²) in [6.07, 6.45) is 7.35. The second kappa shape index (κ2) is 8.99. The van der Waals surface area contributed by atoms with Crippen LogP contribution < -0.4 is 5.32 Å². The molecule has 4 nitrogen and oxygen atoms in total. The third-order valence-electron chi connectivity index (χ3n) is 8.11. The van der Waals surface area contributed by atoms with E-state index >= 15 is 0 Å². The maximum atomic E-state index is 13.2. The third-order valence-corrected chi connectivity index (χ3v) is 8.11. The van der Waals surface area contributed by atoms with E-state index in [4.69, 9.17) is 4.74 Å². The highest BCUT2D eigenvalue weighted by Gasteiger charge is 2.43. The zero-order valence-corrected chi connectivity index (χ0v) is 19.4. The summed E-state index contributed by atoms with van der Waals surface area (Å²) in [5.41, 5.74) is 4.82. The molecule has 2 aliphatic heterocycles. The van der Waals surface area contributed by atoms with Crippen LogP contribution in [0.1, 0.15) is 67.2 Å². The van der Waals surface area contributed by atoms with Crippen molar-refractivity contribution in [2.75, 3.05) is 26.2 Å². The molecule has 1 saturated heterocycles. The Hall–Kier alpha value is -2.17. The van der Waals surface area contributed by atoms with Crippen LogP contribution in [-0.4, -0.2) is 37.0 Å². The molecule has 0 atom stereocenters. The van der Waals surface area contributed by atoms with Crippen molar-refractivity contribution in [1.82, 2.24) is 10.2 Å². The first-order chi connectivity index (χ1) is 15.6. The number of amides is 1. The predicted molar refractivity (Wildman–Crippen MR) is 128 cm³/mol. The molecule has 0 unspecified atom stereocenters. The molecular weight excluding hydrogens is 396 g/mol. The van der Waals surface area contributed by atoms with E-state index < -0.39 is 0 Å². The average molecular weight is 433 g/mol. The smallest absolute Gasteiger partial charge is 0.230 e. The van der Waals surface area contributed by atoms with E-state index in [9.17, 15) is 4.79 Å². The van der Waals surface area contributed by atoms with Crippen LogP contribution >= 0.6 is 0 Å². The SMILES string of the molecule is Cc1ccc(C2(C(=O)NCCCN3CCC4(CC3)OCc3ccccc34)CCCC2)cc1. The van der Waals surface area contributed by atoms with E-state index in [0.29, 0.717) is 0 Å². The van der Waals surface area contributed by atoms with Crippen LogP contribution in [0.3, 0.4) is 0 Å². The number of carbonyl (C=O) groups is 1. The van der Waals surface area contributed by atoms with Gasteiger partial charge in [-0.2, -0.15) is 0 Å². The molecule has 2 aromatic carbocycles. The monoisotopic (exact) mass is 432 g/mol. The number of nitrogens with zero attached hydrogens (tertiary/aromatic N) is 1. The molecule has 1 aliphatic carbocycles. The van der Waals surface area contributed by atoms with Crippen molar-refractivity contribution in [3.63, 3.8) is 0 Å². The van der Waals surface area contributed by atoms with Gasteiger partial charge in [0.1, 0.15) is 0 Å². The Kier molecular flexibility index (Phi) is 6.09. The molecule has 0 radical (unpaired) electrons. The lowest BCUT2D eigenvalue weighted by Crippen LogP contribution is -2.45. The van der Waals surface area contributed by atoms with E-state index in [1.54, 1.807) is 0 Å². The molecule has 3 aliphatic rings. The van der Waals surface area contributed by atoms with Crippen LogP contribution in [0.15, 0.2) is 48.5 Å². The largest absolute Gasteiger partial charge is 0.365 e. The van der Waals surface area contributed by atoms with Crippen molar-refractivity contribution in [3.05, 3.63) is 70.8 Å². The van der Waals surface area contributed by atoms with Crippen LogP contribution in [-0.2, 0) is 27.2 Å². The van der Waals surface area contributed by atoms with E-state index in [2.05, 4.69) is 65.7 Å². The fraction of sp³-hybridized carbons (Fsp3) is 0.536. The molecule has 2 fully saturated rings. The fourth-order valence-corrected chi connectivity index (χ4v) is 6.11. The third kappa shape index (κ3) is 3.99. The summed E-state index contributed by atoms with van der Waals surface area (Å²) < 4.78 is 6.29. The lowest BCUT2D eigenvalue weighted by atomic mass is 9.77. The summed E-state index contributed by atoms with van der Waals surface area (Å²) >= 11 is 0. The summed E-state index contributed by atoms with van der Waals surface area (Å²) in [6.45, 7) is 6.78. The molecule has 0 bridgehead atoms. The maximum Gasteiger partial charge on any atom is 0.230 e. The Bertz CT molecular complexity index is 938. The van der Waals surface area contributed by atoms with Gasteiger partial charge in [0.15, 0.2) is 0 Å². The molecule has 2 aromatic rings. The fourth-order valence-electron chi connectivity index (χ4n) is 6.11. The standard InChI is InChI=1S/C28H36N2O2/c1-22-9-11-24(12-10-22)27(13-4-5-14-27)26(31)29-17-6-18-30-19-15-28(16-20-30)25-8-3-2-7-23(25)21-32-28/h2-3,7-12H,4-6,13-21H2,1H3,(H,29,31). The van der Waals surface area contributed by atoms with Crippen molar-refractivity contribution < 1.29 is 9.53 Å². The van der Waals surface area contributed by atoms with Crippen molar-refractivity contribution >= 4 is 5.91 Å². The van der Waals surface area contributed by atoms with Crippen molar-refractivity contribution in [1.29, 1.82) is 0 Å². The number of fused-ring (bicyclic) bond motifs is 2. The van der Waals surface area contributed by atoms with Crippen molar-refractivity contribution in [2.24, 2.45) is 0 Å². The Morgan fingerprint density at radius 1 is 1.00 bits per heavy atom. The minimum Gasteiger partial charge on any atom is -0.365 e. The van der Waals surface area contributed by atoms with Gasteiger partial charge in [-0.05, 0) is 62.3 Å². The second-order valence-electron chi connectivity index (χ2n) is 10.0. The Labute approximate surface area is 192 Å². The van der Waals surface area contributed by atoms with Crippen LogP contribution in [0.4, 0.5) is 0 Å². The summed E-state index contributed by atoms with van der Waals surface area (Å²) in [4.78, 5) is 15.8. The van der Waals surface area contributed by atoms with Crippen LogP contribution in [0.2, 0.25) is 0 Å². The number of carbonyl (C=O) groups excluding carboxylic acids is 1. The molecule has 2 heterocycles. The first-order valence-electron chi connectivity index (χ1n) is 12.4. The highest BCUT2D eigenvalue weighted by molar-refractivity contribution is 5.88. The van der Waals surface area contributed by atoms with Crippen molar-refractivity contribution in [2.45, 2.75) is 69.5 Å². The zero-order valence-electron chi connectivity index (χ0n) is 19.4. The molecule has 1 amide bonds. The van der Waals surface area contributed by atoms with Crippen LogP contribution in [0.5, 0.6) is 0 Å². The lowest BCUT2D eigenvalue weighted by Gasteiger charge is -2.39. The van der Waals surface area contributed by atoms with Crippen molar-refractivity contribution in [3.8, 4) is 0 Å². The van der Waals surface area contributed by atoms with Crippen LogP contribution in [0.25, 0.3) is 0 Å². The molecule has 170 valence electrons. The maximum absolute atomic E-state index is 13.2. The number of hydrogen-bond donors (Lipinski definition) is 1. The molecule has 0 aromatic heterocycles. The second-order valence-corrected chi connectivity index (χ2v) is 10.0. The lowest BCUT2D eigenvalue weighted by molar-refractivity contribution is -0.126. The highest BCUT2D eigenvalue weighted by atomic mass is 16.5. The van der Waals surface area contributed by atoms with Gasteiger partial charge >= 0.3 is 0 Å². The number of ether oxygens (including phenoxy) is 1. The van der Waals surface area contributed by atoms with Gasteiger partial charge in [-0.25, -0.2) is 0 Å². The van der Waals surface area contributed by atoms with Gasteiger partial charge < -0.3 is 15.0 Å². The minimum atomic E-state index is -0.321. The molecule has 1 spiro atoms. The van der Waals surface area contributed by atoms with Gasteiger partial charge in [0.2, 0.25) is 5.91 Å². The van der Waals surface area contributed by atoms with Gasteiger partial charge in [0.05, 0.1) is 17.6 Å². The summed E-state index contributed by atoms with van der Waals surface area (Å²) in [7, 11) is 0. The number of aryl methyl sites for hydroxylation is 1. The van der Waals surface area contributed by atoms with E-state index in [1.807, 2.05) is 0 Å². The summed E-state index contributed by atoms with van der Waals surface area (Å²) in [5, 5.41) is 3.29. The van der Waals surface area contributed by atoms with Gasteiger partial charge in [-0.15, -0.1) is 0 Å². The molecule has 1 N–H and O–H groups in total. The number of rotatable bonds is 6. The first kappa shape index (κ1) is 21.7. The molecule has 1 saturated carbocycles. The van der Waals surface area contributed by atoms with Gasteiger partial charge in [-0.1, -0.05) is 66.9 Å². The number of piperidine rings is 1. The first-order valence-corrected chi connectivity index (χ1v) is 12.4. The molecular formula is C28H36N2O2. The average Bonchev–Trinajstić information content (AvgIpc) is 3.46. The summed E-state index contributed by atoms with van der Waals surface area (Å²) in [6, 6.07) is 17.3. The van der Waals surface area contributed by atoms with Gasteiger partial charge in [0, 0.05) is 19.6 Å². The van der Waals surface area contributed by atoms with Gasteiger partial charge in [-0.3, -0.25) is 4.79 Å². The minimum absolute atomic E-state index is 0.0653. The molecule has 5 rings (SSSR count). The molecule has 32 heavy (non-hydrogen) atoms. The topological polar surface area (TPSA) is 41.6 Å².